The van der Waals surface area contributed by atoms with E-state index < -0.39 is 34.1 Å². The summed E-state index contributed by atoms with van der Waals surface area (Å²) in [5.74, 6) is -0.499. The van der Waals surface area contributed by atoms with E-state index in [1.807, 2.05) is 6.92 Å². The molecule has 30 heavy (non-hydrogen) atoms. The van der Waals surface area contributed by atoms with Crippen LogP contribution in [0.2, 0.25) is 5.02 Å². The maximum atomic E-state index is 13.2. The van der Waals surface area contributed by atoms with Gasteiger partial charge in [0.15, 0.2) is 0 Å². The molecule has 1 fully saturated rings. The average molecular weight is 439 g/mol. The lowest BCUT2D eigenvalue weighted by Gasteiger charge is -2.45. The van der Waals surface area contributed by atoms with Crippen LogP contribution in [0.1, 0.15) is 35.0 Å². The number of amides is 1. The zero-order valence-corrected chi connectivity index (χ0v) is 16.6. The molecule has 1 amide bonds. The van der Waals surface area contributed by atoms with Gasteiger partial charge in [0.05, 0.1) is 33.6 Å². The number of nitrogens with zero attached hydrogens (tertiary/aromatic N) is 4. The second-order valence-corrected chi connectivity index (χ2v) is 7.90. The normalized spacial score (nSPS) is 24.2. The number of benzene rings is 1. The topological polar surface area (TPSA) is 99.7 Å². The summed E-state index contributed by atoms with van der Waals surface area (Å²) in [6.07, 6.45) is -2.55. The van der Waals surface area contributed by atoms with E-state index in [0.29, 0.717) is 24.4 Å². The van der Waals surface area contributed by atoms with E-state index in [9.17, 15) is 18.0 Å². The van der Waals surface area contributed by atoms with Gasteiger partial charge in [0.1, 0.15) is 0 Å². The molecule has 0 spiro atoms. The van der Waals surface area contributed by atoms with Crippen molar-refractivity contribution in [2.24, 2.45) is 21.1 Å². The van der Waals surface area contributed by atoms with Crippen molar-refractivity contribution in [3.05, 3.63) is 52.3 Å². The van der Waals surface area contributed by atoms with Crippen LogP contribution in [-0.2, 0) is 6.18 Å². The number of fused-ring (bicyclic) bond motifs is 1. The summed E-state index contributed by atoms with van der Waals surface area (Å²) in [6.45, 7) is 2.46. The molecular weight excluding hydrogens is 421 g/mol. The Balaban J connectivity index is 1.63. The van der Waals surface area contributed by atoms with Gasteiger partial charge < -0.3 is 10.6 Å². The quantitative estimate of drug-likeness (QED) is 0.753. The van der Waals surface area contributed by atoms with Crippen molar-refractivity contribution in [1.29, 1.82) is 0 Å². The minimum Gasteiger partial charge on any atom is -0.368 e. The Morgan fingerprint density at radius 2 is 2.13 bits per heavy atom. The van der Waals surface area contributed by atoms with Crippen molar-refractivity contribution in [1.82, 2.24) is 15.1 Å². The molecule has 3 heterocycles. The molecule has 11 heteroatoms. The number of aliphatic imine (C=N–C) groups is 2. The number of likely N-dealkylation sites (tertiary alicyclic amines) is 1. The van der Waals surface area contributed by atoms with Crippen LogP contribution in [0.25, 0.3) is 0 Å². The number of carbonyl (C=O) groups excluding carboxylic acids is 1. The molecule has 0 radical (unpaired) electrons. The molecule has 3 N–H and O–H groups in total. The summed E-state index contributed by atoms with van der Waals surface area (Å²) < 4.78 is 39.5. The van der Waals surface area contributed by atoms with Crippen LogP contribution in [0, 0.1) is 5.41 Å². The SMILES string of the molecule is CC12CCN(C(=O)c3cccc(C(F)(F)F)c3Cl)CC1N=C(N)N=C2c1ccn[nH]1. The van der Waals surface area contributed by atoms with Gasteiger partial charge >= 0.3 is 6.18 Å². The van der Waals surface area contributed by atoms with E-state index in [-0.39, 0.29) is 18.1 Å². The Hall–Kier alpha value is -2.88. The van der Waals surface area contributed by atoms with Crippen molar-refractivity contribution in [3.63, 3.8) is 0 Å². The molecular formula is C19H18ClF3N6O. The number of aromatic nitrogens is 2. The highest BCUT2D eigenvalue weighted by atomic mass is 35.5. The van der Waals surface area contributed by atoms with Crippen LogP contribution in [0.4, 0.5) is 13.2 Å². The summed E-state index contributed by atoms with van der Waals surface area (Å²) in [6, 6.07) is 4.70. The van der Waals surface area contributed by atoms with Crippen molar-refractivity contribution in [2.45, 2.75) is 25.6 Å². The molecule has 1 saturated heterocycles. The summed E-state index contributed by atoms with van der Waals surface area (Å²) >= 11 is 5.94. The Morgan fingerprint density at radius 3 is 2.80 bits per heavy atom. The molecule has 1 aromatic heterocycles. The number of carbonyl (C=O) groups is 1. The minimum absolute atomic E-state index is 0.0773. The minimum atomic E-state index is -4.65. The third-order valence-electron chi connectivity index (χ3n) is 5.66. The standard InChI is InChI=1S/C19H18ClF3N6O/c1-18-6-8-29(16(30)10-3-2-4-11(14(10)20)19(21,22)23)9-13(18)26-17(24)27-15(18)12-5-7-25-28-12/h2-5,7,13H,6,8-9H2,1H3,(H2,24,26)(H,25,28). The van der Waals surface area contributed by atoms with Crippen LogP contribution in [0.5, 0.6) is 0 Å². The molecule has 2 unspecified atom stereocenters. The molecule has 2 aliphatic rings. The molecule has 0 aliphatic carbocycles. The molecule has 2 aromatic rings. The highest BCUT2D eigenvalue weighted by Crippen LogP contribution is 2.40. The number of piperidine rings is 1. The fraction of sp³-hybridized carbons (Fsp3) is 0.368. The van der Waals surface area contributed by atoms with Gasteiger partial charge in [-0.05, 0) is 24.6 Å². The van der Waals surface area contributed by atoms with Gasteiger partial charge in [-0.3, -0.25) is 9.89 Å². The molecule has 2 atom stereocenters. The van der Waals surface area contributed by atoms with Crippen LogP contribution in [0.15, 0.2) is 40.4 Å². The Kier molecular flexibility index (Phi) is 4.84. The zero-order chi connectivity index (χ0) is 21.7. The highest BCUT2D eigenvalue weighted by molar-refractivity contribution is 6.34. The van der Waals surface area contributed by atoms with Gasteiger partial charge in [0.2, 0.25) is 5.96 Å². The lowest BCUT2D eigenvalue weighted by atomic mass is 9.71. The van der Waals surface area contributed by atoms with E-state index >= 15 is 0 Å². The number of aromatic amines is 1. The summed E-state index contributed by atoms with van der Waals surface area (Å²) in [7, 11) is 0. The molecule has 7 nitrogen and oxygen atoms in total. The first-order valence-electron chi connectivity index (χ1n) is 9.18. The summed E-state index contributed by atoms with van der Waals surface area (Å²) in [4.78, 5) is 23.3. The van der Waals surface area contributed by atoms with Crippen LogP contribution in [0.3, 0.4) is 0 Å². The van der Waals surface area contributed by atoms with Crippen molar-refractivity contribution < 1.29 is 18.0 Å². The average Bonchev–Trinajstić information content (AvgIpc) is 3.20. The van der Waals surface area contributed by atoms with E-state index in [4.69, 9.17) is 17.3 Å². The Morgan fingerprint density at radius 1 is 1.37 bits per heavy atom. The van der Waals surface area contributed by atoms with E-state index in [1.165, 1.54) is 17.0 Å². The number of nitrogens with one attached hydrogen (secondary N) is 1. The Labute approximate surface area is 174 Å². The third-order valence-corrected chi connectivity index (χ3v) is 6.07. The largest absolute Gasteiger partial charge is 0.417 e. The molecule has 0 saturated carbocycles. The van der Waals surface area contributed by atoms with Gasteiger partial charge in [-0.15, -0.1) is 0 Å². The first-order chi connectivity index (χ1) is 14.1. The number of H-pyrrole nitrogens is 1. The van der Waals surface area contributed by atoms with E-state index in [2.05, 4.69) is 20.2 Å². The first-order valence-corrected chi connectivity index (χ1v) is 9.56. The number of hydrogen-bond donors (Lipinski definition) is 2. The predicted octanol–water partition coefficient (Wildman–Crippen LogP) is 3.12. The van der Waals surface area contributed by atoms with Crippen molar-refractivity contribution in [2.75, 3.05) is 13.1 Å². The summed E-state index contributed by atoms with van der Waals surface area (Å²) in [5, 5.41) is 6.23. The van der Waals surface area contributed by atoms with E-state index in [1.54, 1.807) is 12.3 Å². The van der Waals surface area contributed by atoms with Crippen LogP contribution < -0.4 is 5.73 Å². The number of guanidine groups is 1. The van der Waals surface area contributed by atoms with Gasteiger partial charge in [0.25, 0.3) is 5.91 Å². The number of hydrogen-bond acceptors (Lipinski definition) is 5. The zero-order valence-electron chi connectivity index (χ0n) is 15.9. The fourth-order valence-electron chi connectivity index (χ4n) is 3.95. The number of alkyl halides is 3. The van der Waals surface area contributed by atoms with Crippen molar-refractivity contribution in [3.8, 4) is 0 Å². The molecule has 0 bridgehead atoms. The monoisotopic (exact) mass is 438 g/mol. The van der Waals surface area contributed by atoms with Crippen molar-refractivity contribution >= 4 is 29.2 Å². The Bertz CT molecular complexity index is 1050. The molecule has 158 valence electrons. The van der Waals surface area contributed by atoms with Gasteiger partial charge in [-0.2, -0.15) is 18.3 Å². The van der Waals surface area contributed by atoms with Gasteiger partial charge in [-0.1, -0.05) is 24.6 Å². The second-order valence-electron chi connectivity index (χ2n) is 7.52. The van der Waals surface area contributed by atoms with Crippen LogP contribution >= 0.6 is 11.6 Å². The smallest absolute Gasteiger partial charge is 0.368 e. The van der Waals surface area contributed by atoms with Gasteiger partial charge in [0, 0.05) is 24.7 Å². The number of halogens is 4. The number of rotatable bonds is 2. The first kappa shape index (κ1) is 20.4. The maximum absolute atomic E-state index is 13.2. The summed E-state index contributed by atoms with van der Waals surface area (Å²) in [5.41, 5.74) is 5.57. The fourth-order valence-corrected chi connectivity index (χ4v) is 4.27. The highest BCUT2D eigenvalue weighted by Gasteiger charge is 2.47. The molecule has 4 rings (SSSR count). The lowest BCUT2D eigenvalue weighted by Crippen LogP contribution is -2.56. The molecule has 1 aromatic carbocycles. The third kappa shape index (κ3) is 3.34. The maximum Gasteiger partial charge on any atom is 0.417 e. The lowest BCUT2D eigenvalue weighted by molar-refractivity contribution is -0.137. The number of nitrogens with two attached hydrogens (primary N) is 1. The predicted molar refractivity (Wildman–Crippen MR) is 106 cm³/mol. The van der Waals surface area contributed by atoms with Crippen LogP contribution in [-0.4, -0.2) is 51.8 Å². The van der Waals surface area contributed by atoms with Gasteiger partial charge in [-0.25, -0.2) is 9.98 Å². The molecule has 2 aliphatic heterocycles. The second kappa shape index (κ2) is 7.12. The van der Waals surface area contributed by atoms with E-state index in [0.717, 1.165) is 6.07 Å².